The van der Waals surface area contributed by atoms with Gasteiger partial charge >= 0.3 is 6.18 Å². The molecule has 1 saturated carbocycles. The van der Waals surface area contributed by atoms with E-state index in [2.05, 4.69) is 11.9 Å². The highest BCUT2D eigenvalue weighted by Gasteiger charge is 2.43. The van der Waals surface area contributed by atoms with Crippen LogP contribution in [0.5, 0.6) is 0 Å². The van der Waals surface area contributed by atoms with Crippen molar-refractivity contribution in [2.24, 2.45) is 17.6 Å². The van der Waals surface area contributed by atoms with Crippen molar-refractivity contribution in [2.45, 2.75) is 57.8 Å². The molecule has 6 heteroatoms. The lowest BCUT2D eigenvalue weighted by atomic mass is 9.77. The number of imidazole rings is 1. The number of alkyl halides is 3. The largest absolute Gasteiger partial charge is 0.391 e. The van der Waals surface area contributed by atoms with E-state index in [0.717, 1.165) is 25.2 Å². The molecule has 0 bridgehead atoms. The highest BCUT2D eigenvalue weighted by atomic mass is 19.4. The summed E-state index contributed by atoms with van der Waals surface area (Å²) in [5.74, 6) is -0.616. The van der Waals surface area contributed by atoms with Crippen LogP contribution in [0, 0.1) is 11.8 Å². The predicted octanol–water partition coefficient (Wildman–Crippen LogP) is 3.66. The van der Waals surface area contributed by atoms with Gasteiger partial charge in [0.25, 0.3) is 0 Å². The first-order valence-electron chi connectivity index (χ1n) is 7.26. The Labute approximate surface area is 117 Å². The number of hydrogen-bond donors (Lipinski definition) is 1. The zero-order chi connectivity index (χ0) is 14.8. The van der Waals surface area contributed by atoms with E-state index >= 15 is 0 Å². The molecule has 0 aromatic carbocycles. The Morgan fingerprint density at radius 3 is 2.85 bits per heavy atom. The van der Waals surface area contributed by atoms with Crippen LogP contribution in [0.1, 0.15) is 50.9 Å². The summed E-state index contributed by atoms with van der Waals surface area (Å²) >= 11 is 0. The Hall–Kier alpha value is -1.04. The van der Waals surface area contributed by atoms with Crippen molar-refractivity contribution in [3.8, 4) is 0 Å². The molecule has 1 aromatic rings. The molecular formula is C14H22F3N3. The molecule has 0 aliphatic heterocycles. The van der Waals surface area contributed by atoms with Gasteiger partial charge in [-0.15, -0.1) is 0 Å². The molecule has 0 saturated heterocycles. The fourth-order valence-corrected chi connectivity index (χ4v) is 3.11. The van der Waals surface area contributed by atoms with Crippen molar-refractivity contribution >= 4 is 0 Å². The molecule has 1 aromatic heterocycles. The molecule has 3 atom stereocenters. The molecule has 1 heterocycles. The van der Waals surface area contributed by atoms with Crippen molar-refractivity contribution < 1.29 is 13.2 Å². The van der Waals surface area contributed by atoms with Crippen LogP contribution in [0.4, 0.5) is 13.2 Å². The van der Waals surface area contributed by atoms with Gasteiger partial charge in [-0.2, -0.15) is 13.2 Å². The van der Waals surface area contributed by atoms with E-state index < -0.39 is 18.1 Å². The number of halogens is 3. The van der Waals surface area contributed by atoms with Gasteiger partial charge < -0.3 is 10.3 Å². The van der Waals surface area contributed by atoms with Gasteiger partial charge in [-0.3, -0.25) is 0 Å². The van der Waals surface area contributed by atoms with E-state index in [1.165, 1.54) is 0 Å². The second-order valence-electron chi connectivity index (χ2n) is 5.67. The third-order valence-electron chi connectivity index (χ3n) is 4.20. The van der Waals surface area contributed by atoms with Crippen LogP contribution in [0.2, 0.25) is 0 Å². The lowest BCUT2D eigenvalue weighted by Gasteiger charge is -2.33. The van der Waals surface area contributed by atoms with Crippen molar-refractivity contribution in [2.75, 3.05) is 0 Å². The zero-order valence-electron chi connectivity index (χ0n) is 11.7. The maximum absolute atomic E-state index is 12.9. The summed E-state index contributed by atoms with van der Waals surface area (Å²) in [6.45, 7) is 2.86. The van der Waals surface area contributed by atoms with E-state index in [9.17, 15) is 13.2 Å². The molecule has 1 aliphatic carbocycles. The van der Waals surface area contributed by atoms with Gasteiger partial charge in [-0.05, 0) is 31.6 Å². The van der Waals surface area contributed by atoms with Crippen molar-refractivity contribution in [3.05, 3.63) is 18.2 Å². The van der Waals surface area contributed by atoms with E-state index in [0.29, 0.717) is 6.42 Å². The second-order valence-corrected chi connectivity index (χ2v) is 5.67. The van der Waals surface area contributed by atoms with Gasteiger partial charge in [0.15, 0.2) is 0 Å². The summed E-state index contributed by atoms with van der Waals surface area (Å²) in [5, 5.41) is 0. The minimum absolute atomic E-state index is 0.129. The van der Waals surface area contributed by atoms with Gasteiger partial charge in [0.1, 0.15) is 5.82 Å². The monoisotopic (exact) mass is 289 g/mol. The van der Waals surface area contributed by atoms with Crippen LogP contribution in [-0.4, -0.2) is 15.7 Å². The molecule has 3 unspecified atom stereocenters. The minimum atomic E-state index is -4.10. The Morgan fingerprint density at radius 1 is 1.45 bits per heavy atom. The average molecular weight is 289 g/mol. The molecule has 2 N–H and O–H groups in total. The highest BCUT2D eigenvalue weighted by molar-refractivity contribution is 5.02. The van der Waals surface area contributed by atoms with E-state index in [4.69, 9.17) is 5.73 Å². The van der Waals surface area contributed by atoms with E-state index in [-0.39, 0.29) is 18.8 Å². The number of rotatable bonds is 4. The summed E-state index contributed by atoms with van der Waals surface area (Å²) in [7, 11) is 0. The van der Waals surface area contributed by atoms with Gasteiger partial charge in [0, 0.05) is 18.9 Å². The van der Waals surface area contributed by atoms with Crippen LogP contribution in [-0.2, 0) is 6.54 Å². The van der Waals surface area contributed by atoms with Gasteiger partial charge in [0.2, 0.25) is 0 Å². The predicted molar refractivity (Wildman–Crippen MR) is 70.9 cm³/mol. The second kappa shape index (κ2) is 6.16. The Bertz CT molecular complexity index is 428. The lowest BCUT2D eigenvalue weighted by Crippen LogP contribution is -2.34. The molecule has 0 amide bonds. The topological polar surface area (TPSA) is 43.8 Å². The van der Waals surface area contributed by atoms with Crippen molar-refractivity contribution in [1.82, 2.24) is 9.55 Å². The number of nitrogens with zero attached hydrogens (tertiary/aromatic N) is 2. The Kier molecular flexibility index (Phi) is 4.73. The minimum Gasteiger partial charge on any atom is -0.334 e. The molecule has 0 radical (unpaired) electrons. The van der Waals surface area contributed by atoms with E-state index in [1.807, 2.05) is 10.8 Å². The molecule has 114 valence electrons. The normalized spacial score (nSPS) is 25.6. The molecular weight excluding hydrogens is 267 g/mol. The van der Waals surface area contributed by atoms with Gasteiger partial charge in [-0.25, -0.2) is 4.98 Å². The first kappa shape index (κ1) is 15.4. The van der Waals surface area contributed by atoms with Gasteiger partial charge in [-0.1, -0.05) is 13.3 Å². The van der Waals surface area contributed by atoms with Crippen LogP contribution < -0.4 is 5.73 Å². The maximum Gasteiger partial charge on any atom is 0.391 e. The summed E-state index contributed by atoms with van der Waals surface area (Å²) < 4.78 is 40.5. The van der Waals surface area contributed by atoms with Crippen LogP contribution in [0.25, 0.3) is 0 Å². The average Bonchev–Trinajstić information content (AvgIpc) is 2.86. The third kappa shape index (κ3) is 3.34. The van der Waals surface area contributed by atoms with Gasteiger partial charge in [0.05, 0.1) is 12.0 Å². The molecule has 1 fully saturated rings. The molecule has 0 spiro atoms. The van der Waals surface area contributed by atoms with Crippen LogP contribution in [0.3, 0.4) is 0 Å². The number of aryl methyl sites for hydroxylation is 1. The molecule has 20 heavy (non-hydrogen) atoms. The third-order valence-corrected chi connectivity index (χ3v) is 4.20. The molecule has 1 aliphatic rings. The number of nitrogens with two attached hydrogens (primary N) is 1. The van der Waals surface area contributed by atoms with E-state index in [1.54, 1.807) is 6.20 Å². The quantitative estimate of drug-likeness (QED) is 0.919. The fourth-order valence-electron chi connectivity index (χ4n) is 3.11. The Balaban J connectivity index is 2.08. The standard InChI is InChI=1S/C14H22F3N3/c1-2-7-20-8-6-19-13(20)12(18)10-4-3-5-11(9-10)14(15,16)17/h6,8,10-12H,2-5,7,9,18H2,1H3. The molecule has 3 nitrogen and oxygen atoms in total. The summed E-state index contributed by atoms with van der Waals surface area (Å²) in [5.41, 5.74) is 6.20. The first-order valence-corrected chi connectivity index (χ1v) is 7.26. The number of aromatic nitrogens is 2. The Morgan fingerprint density at radius 2 is 2.20 bits per heavy atom. The summed E-state index contributed by atoms with van der Waals surface area (Å²) in [4.78, 5) is 4.25. The molecule has 2 rings (SSSR count). The zero-order valence-corrected chi connectivity index (χ0v) is 11.7. The smallest absolute Gasteiger partial charge is 0.334 e. The van der Waals surface area contributed by atoms with Crippen molar-refractivity contribution in [1.29, 1.82) is 0 Å². The highest BCUT2D eigenvalue weighted by Crippen LogP contribution is 2.43. The summed E-state index contributed by atoms with van der Waals surface area (Å²) in [6, 6.07) is -0.401. The first-order chi connectivity index (χ1) is 9.43. The van der Waals surface area contributed by atoms with Crippen LogP contribution in [0.15, 0.2) is 12.4 Å². The SMILES string of the molecule is CCCn1ccnc1C(N)C1CCCC(C(F)(F)F)C1. The maximum atomic E-state index is 12.9. The number of hydrogen-bond acceptors (Lipinski definition) is 2. The summed E-state index contributed by atoms with van der Waals surface area (Å²) in [6.07, 6.45) is 2.09. The van der Waals surface area contributed by atoms with Crippen LogP contribution >= 0.6 is 0 Å². The lowest BCUT2D eigenvalue weighted by molar-refractivity contribution is -0.186. The van der Waals surface area contributed by atoms with Crippen molar-refractivity contribution in [3.63, 3.8) is 0 Å². The fraction of sp³-hybridized carbons (Fsp3) is 0.786.